The molecule has 3 aromatic carbocycles. The summed E-state index contributed by atoms with van der Waals surface area (Å²) in [5.74, 6) is -0.330. The Balaban J connectivity index is 1.25. The maximum atomic E-state index is 13.7. The fraction of sp³-hybridized carbons (Fsp3) is 0.290. The molecule has 1 aromatic heterocycles. The number of rotatable bonds is 6. The second-order valence-corrected chi connectivity index (χ2v) is 10.7. The summed E-state index contributed by atoms with van der Waals surface area (Å²) in [6.45, 7) is 0. The molecule has 2 aliphatic rings. The van der Waals surface area contributed by atoms with Crippen molar-refractivity contribution in [3.8, 4) is 11.5 Å². The van der Waals surface area contributed by atoms with Crippen LogP contribution >= 0.6 is 11.6 Å². The largest absolute Gasteiger partial charge is 0.436 e. The van der Waals surface area contributed by atoms with Crippen LogP contribution in [-0.4, -0.2) is 39.7 Å². The van der Waals surface area contributed by atoms with Crippen molar-refractivity contribution in [2.75, 3.05) is 4.90 Å². The van der Waals surface area contributed by atoms with Crippen molar-refractivity contribution in [2.45, 2.75) is 57.0 Å². The molecule has 1 aliphatic heterocycles. The summed E-state index contributed by atoms with van der Waals surface area (Å²) in [6, 6.07) is 20.9. The van der Waals surface area contributed by atoms with Crippen LogP contribution < -0.4 is 4.90 Å². The van der Waals surface area contributed by atoms with Gasteiger partial charge in [0.25, 0.3) is 5.91 Å². The molecule has 6 rings (SSSR count). The van der Waals surface area contributed by atoms with Crippen LogP contribution in [0.4, 0.5) is 5.69 Å². The molecule has 1 atom stereocenters. The van der Waals surface area contributed by atoms with Crippen molar-refractivity contribution in [3.63, 3.8) is 0 Å². The number of carbonyl (C=O) groups is 3. The Hall–Kier alpha value is -3.97. The molecule has 8 heteroatoms. The van der Waals surface area contributed by atoms with Crippen LogP contribution in [0.25, 0.3) is 22.6 Å². The van der Waals surface area contributed by atoms with Gasteiger partial charge in [0.2, 0.25) is 17.7 Å². The first-order chi connectivity index (χ1) is 19.0. The number of hydrogen-bond acceptors (Lipinski definition) is 5. The maximum absolute atomic E-state index is 13.7. The molecule has 2 fully saturated rings. The van der Waals surface area contributed by atoms with Gasteiger partial charge < -0.3 is 9.32 Å². The number of nitrogens with zero attached hydrogens (tertiary/aromatic N) is 3. The summed E-state index contributed by atoms with van der Waals surface area (Å²) < 4.78 is 5.85. The normalized spacial score (nSPS) is 18.2. The zero-order chi connectivity index (χ0) is 26.9. The molecule has 39 heavy (non-hydrogen) atoms. The topological polar surface area (TPSA) is 83.7 Å². The minimum absolute atomic E-state index is 0.0193. The molecular formula is C31H28ClN3O4. The summed E-state index contributed by atoms with van der Waals surface area (Å²) >= 11 is 6.02. The number of fused-ring (bicyclic) bond motifs is 1. The molecule has 0 spiro atoms. The van der Waals surface area contributed by atoms with E-state index in [2.05, 4.69) is 4.98 Å². The van der Waals surface area contributed by atoms with Crippen LogP contribution in [0.5, 0.6) is 0 Å². The highest BCUT2D eigenvalue weighted by atomic mass is 35.5. The number of anilines is 1. The van der Waals surface area contributed by atoms with Crippen molar-refractivity contribution in [2.24, 2.45) is 0 Å². The maximum Gasteiger partial charge on any atom is 0.257 e. The summed E-state index contributed by atoms with van der Waals surface area (Å²) in [4.78, 5) is 48.0. The first-order valence-corrected chi connectivity index (χ1v) is 13.7. The van der Waals surface area contributed by atoms with Crippen molar-refractivity contribution >= 4 is 46.1 Å². The Morgan fingerprint density at radius 3 is 2.38 bits per heavy atom. The van der Waals surface area contributed by atoms with Gasteiger partial charge in [-0.25, -0.2) is 9.88 Å². The summed E-state index contributed by atoms with van der Waals surface area (Å²) in [5, 5.41) is 0.602. The average Bonchev–Trinajstić information content (AvgIpc) is 3.51. The van der Waals surface area contributed by atoms with Crippen LogP contribution in [0.1, 0.15) is 44.1 Å². The van der Waals surface area contributed by atoms with E-state index in [0.717, 1.165) is 48.7 Å². The van der Waals surface area contributed by atoms with Crippen LogP contribution in [0.3, 0.4) is 0 Å². The van der Waals surface area contributed by atoms with E-state index in [1.807, 2.05) is 36.4 Å². The highest BCUT2D eigenvalue weighted by molar-refractivity contribution is 6.30. The summed E-state index contributed by atoms with van der Waals surface area (Å²) in [7, 11) is 0. The molecule has 2 heterocycles. The number of amides is 3. The van der Waals surface area contributed by atoms with Crippen LogP contribution in [0.2, 0.25) is 5.02 Å². The Labute approximate surface area is 231 Å². The number of carbonyl (C=O) groups excluding carboxylic acids is 3. The van der Waals surface area contributed by atoms with Gasteiger partial charge in [-0.15, -0.1) is 0 Å². The molecule has 198 valence electrons. The number of halogens is 1. The second kappa shape index (κ2) is 10.7. The average molecular weight is 542 g/mol. The third kappa shape index (κ3) is 5.06. The van der Waals surface area contributed by atoms with Gasteiger partial charge in [0, 0.05) is 16.6 Å². The third-order valence-electron chi connectivity index (χ3n) is 7.65. The highest BCUT2D eigenvalue weighted by Gasteiger charge is 2.46. The number of oxazole rings is 1. The van der Waals surface area contributed by atoms with Crippen molar-refractivity contribution in [3.05, 3.63) is 83.4 Å². The first kappa shape index (κ1) is 25.3. The molecule has 0 bridgehead atoms. The fourth-order valence-corrected chi connectivity index (χ4v) is 5.84. The molecule has 1 saturated heterocycles. The monoisotopic (exact) mass is 541 g/mol. The molecule has 7 nitrogen and oxygen atoms in total. The van der Waals surface area contributed by atoms with Crippen LogP contribution in [-0.2, 0) is 20.8 Å². The zero-order valence-corrected chi connectivity index (χ0v) is 22.1. The Morgan fingerprint density at radius 1 is 0.949 bits per heavy atom. The smallest absolute Gasteiger partial charge is 0.257 e. The lowest BCUT2D eigenvalue weighted by atomic mass is 9.92. The number of benzene rings is 3. The first-order valence-electron chi connectivity index (χ1n) is 13.4. The van der Waals surface area contributed by atoms with E-state index in [4.69, 9.17) is 16.0 Å². The van der Waals surface area contributed by atoms with Gasteiger partial charge >= 0.3 is 0 Å². The van der Waals surface area contributed by atoms with E-state index in [-0.39, 0.29) is 36.6 Å². The molecule has 0 N–H and O–H groups in total. The van der Waals surface area contributed by atoms with Gasteiger partial charge in [-0.1, -0.05) is 55.1 Å². The van der Waals surface area contributed by atoms with Gasteiger partial charge in [-0.05, 0) is 66.9 Å². The van der Waals surface area contributed by atoms with Gasteiger partial charge in [-0.2, -0.15) is 0 Å². The molecule has 1 aliphatic carbocycles. The lowest BCUT2D eigenvalue weighted by Gasteiger charge is -2.37. The molecular weight excluding hydrogens is 514 g/mol. The number of aromatic nitrogens is 1. The number of imide groups is 1. The highest BCUT2D eigenvalue weighted by Crippen LogP contribution is 2.33. The van der Waals surface area contributed by atoms with Crippen LogP contribution in [0, 0.1) is 0 Å². The second-order valence-electron chi connectivity index (χ2n) is 10.2. The minimum Gasteiger partial charge on any atom is -0.436 e. The molecule has 3 amide bonds. The van der Waals surface area contributed by atoms with E-state index in [1.165, 1.54) is 4.90 Å². The predicted molar refractivity (Wildman–Crippen MR) is 149 cm³/mol. The Kier molecular flexibility index (Phi) is 6.92. The van der Waals surface area contributed by atoms with Gasteiger partial charge in [0.1, 0.15) is 11.6 Å². The van der Waals surface area contributed by atoms with E-state index >= 15 is 0 Å². The summed E-state index contributed by atoms with van der Waals surface area (Å²) in [5.41, 5.74) is 3.49. The predicted octanol–water partition coefficient (Wildman–Crippen LogP) is 6.18. The van der Waals surface area contributed by atoms with Gasteiger partial charge in [-0.3, -0.25) is 14.4 Å². The van der Waals surface area contributed by atoms with Crippen molar-refractivity contribution in [1.29, 1.82) is 0 Å². The standard InChI is InChI=1S/C31H28ClN3O4/c32-22-14-10-20(11-15-22)18-28(36)34(23-6-2-1-3-7-23)26-19-29(37)35(31(26)38)24-16-12-21(13-17-24)30-33-25-8-4-5-9-27(25)39-30/h4-5,8-17,23,26H,1-3,6-7,18-19H2. The Morgan fingerprint density at radius 2 is 1.67 bits per heavy atom. The van der Waals surface area contributed by atoms with Crippen molar-refractivity contribution in [1.82, 2.24) is 9.88 Å². The zero-order valence-electron chi connectivity index (χ0n) is 21.4. The molecule has 0 radical (unpaired) electrons. The fourth-order valence-electron chi connectivity index (χ4n) is 5.71. The molecule has 4 aromatic rings. The van der Waals surface area contributed by atoms with E-state index in [1.54, 1.807) is 41.3 Å². The Bertz CT molecular complexity index is 1490. The quantitative estimate of drug-likeness (QED) is 0.272. The van der Waals surface area contributed by atoms with Crippen LogP contribution in [0.15, 0.2) is 77.2 Å². The number of para-hydroxylation sites is 2. The minimum atomic E-state index is -0.808. The number of hydrogen-bond donors (Lipinski definition) is 0. The van der Waals surface area contributed by atoms with E-state index in [9.17, 15) is 14.4 Å². The third-order valence-corrected chi connectivity index (χ3v) is 7.90. The SMILES string of the molecule is O=C1CC(N(C(=O)Cc2ccc(Cl)cc2)C2CCCCC2)C(=O)N1c1ccc(-c2nc3ccccc3o2)cc1. The lowest BCUT2D eigenvalue weighted by molar-refractivity contribution is -0.141. The lowest BCUT2D eigenvalue weighted by Crippen LogP contribution is -2.51. The van der Waals surface area contributed by atoms with Gasteiger partial charge in [0.15, 0.2) is 5.58 Å². The van der Waals surface area contributed by atoms with Crippen molar-refractivity contribution < 1.29 is 18.8 Å². The summed E-state index contributed by atoms with van der Waals surface area (Å²) in [6.07, 6.45) is 4.94. The van der Waals surface area contributed by atoms with E-state index < -0.39 is 6.04 Å². The van der Waals surface area contributed by atoms with Gasteiger partial charge in [0.05, 0.1) is 18.5 Å². The molecule has 1 saturated carbocycles. The molecule has 1 unspecified atom stereocenters. The van der Waals surface area contributed by atoms with E-state index in [0.29, 0.717) is 22.2 Å².